The second kappa shape index (κ2) is 22.8. The molecule has 5 saturated heterocycles. The molecule has 0 aromatic heterocycles. The first kappa shape index (κ1) is 52.8. The minimum Gasteiger partial charge on any atom is -0.479 e. The average molecular weight is 950 g/mol. The molecule has 5 aliphatic heterocycles. The first-order valence-electron chi connectivity index (χ1n) is 20.2. The molecule has 5 fully saturated rings. The Morgan fingerprint density at radius 1 is 0.508 bits per heavy atom. The number of carboxylic acid groups (broad SMARTS) is 3. The highest BCUT2D eigenvalue weighted by Gasteiger charge is 2.57. The van der Waals surface area contributed by atoms with Crippen LogP contribution in [-0.2, 0) is 61.8 Å². The van der Waals surface area contributed by atoms with E-state index in [2.05, 4.69) is 10.0 Å². The first-order valence-corrected chi connectivity index (χ1v) is 20.2. The van der Waals surface area contributed by atoms with Crippen molar-refractivity contribution in [3.05, 3.63) is 10.4 Å². The molecule has 0 radical (unpaired) electrons. The number of aliphatic hydroxyl groups is 11. The number of aliphatic carboxylic acids is 3. The molecule has 372 valence electrons. The number of ether oxygens (including phenoxy) is 10. The van der Waals surface area contributed by atoms with Crippen LogP contribution in [0.2, 0.25) is 0 Å². The van der Waals surface area contributed by atoms with E-state index in [0.717, 1.165) is 0 Å². The van der Waals surface area contributed by atoms with E-state index in [-0.39, 0.29) is 19.6 Å². The molecule has 10 unspecified atom stereocenters. The van der Waals surface area contributed by atoms with Gasteiger partial charge in [-0.1, -0.05) is 19.0 Å². The van der Waals surface area contributed by atoms with Crippen molar-refractivity contribution in [3.8, 4) is 0 Å². The van der Waals surface area contributed by atoms with Crippen LogP contribution in [0.4, 0.5) is 0 Å². The maximum absolute atomic E-state index is 12.6. The fraction of sp³-hybridized carbons (Fsp3) is 0.914. The van der Waals surface area contributed by atoms with Crippen molar-refractivity contribution in [3.63, 3.8) is 0 Å². The van der Waals surface area contributed by atoms with Gasteiger partial charge in [0.2, 0.25) is 0 Å². The molecule has 25 atom stereocenters. The Bertz CT molecular complexity index is 1650. The lowest BCUT2D eigenvalue weighted by molar-refractivity contribution is -0.382. The molecule has 0 spiro atoms. The van der Waals surface area contributed by atoms with Gasteiger partial charge in [0.05, 0.1) is 25.4 Å². The van der Waals surface area contributed by atoms with Gasteiger partial charge >= 0.3 is 17.9 Å². The molecule has 5 rings (SSSR count). The van der Waals surface area contributed by atoms with Crippen molar-refractivity contribution in [2.75, 3.05) is 26.4 Å². The Kier molecular flexibility index (Phi) is 18.5. The Hall–Kier alpha value is -3.12. The monoisotopic (exact) mass is 949 g/mol. The SMILES string of the molecule is CC1[C@H](O[C@@H]2C(C(=O)O)O[C@@H](O[C@@H]3C(C)[C@H](O[C@@H]4C(C(=O)O)O[C@@H](OCCCN=[N+]=[N-])C(O)[C@H]4O)OC(CO)[C@H]3O)C(O)[C@H]2O)OC(CO)[C@@H](O)[C@@H]1O[C@@H]1OC(C(=O)O)[C@@H](O)[C@H](O)C1O. The number of hydrogen-bond acceptors (Lipinski definition) is 25. The van der Waals surface area contributed by atoms with Crippen LogP contribution in [-0.4, -0.2) is 257 Å². The van der Waals surface area contributed by atoms with Crippen molar-refractivity contribution in [2.45, 2.75) is 162 Å². The van der Waals surface area contributed by atoms with Crippen LogP contribution in [0.1, 0.15) is 20.3 Å². The van der Waals surface area contributed by atoms with Gasteiger partial charge in [0.25, 0.3) is 0 Å². The maximum atomic E-state index is 12.6. The summed E-state index contributed by atoms with van der Waals surface area (Å²) in [6, 6.07) is 0. The van der Waals surface area contributed by atoms with E-state index < -0.39 is 184 Å². The molecular formula is C35H55N3O27. The third kappa shape index (κ3) is 11.4. The molecule has 0 bridgehead atoms. The van der Waals surface area contributed by atoms with Crippen LogP contribution < -0.4 is 0 Å². The first-order chi connectivity index (χ1) is 30.7. The zero-order valence-corrected chi connectivity index (χ0v) is 34.4. The van der Waals surface area contributed by atoms with E-state index in [4.69, 9.17) is 52.9 Å². The number of aliphatic hydroxyl groups excluding tert-OH is 11. The molecule has 5 heterocycles. The second-order valence-corrected chi connectivity index (χ2v) is 16.0. The standard InChI is InChI=1S/C35H55N3O27/c1-8-21(59-34-18(47)14(43)15(44)25(63-34)28(50)51)12(41)10(6-39)58-32(8)62-24-17(46)20(49)35(65-27(24)30(54)55)60-22-9(2)31(57-11(7-40)13(22)42)61-23-16(45)19(48)33(64-26(23)29(52)53)56-5-3-4-37-38-36/h8-27,31-35,39-49H,3-7H2,1-2H3,(H,50,51)(H,52,53)(H,54,55)/t8?,9?,10?,11?,12-,13-,14+,15+,16-,17-,18?,19?,20?,21-,22-,23+,24+,25?,26?,27?,31+,32+,33-,34-,35-/m1/s1. The molecule has 30 nitrogen and oxygen atoms in total. The fourth-order valence-electron chi connectivity index (χ4n) is 7.92. The van der Waals surface area contributed by atoms with Gasteiger partial charge in [0.1, 0.15) is 79.4 Å². The second-order valence-electron chi connectivity index (χ2n) is 16.0. The summed E-state index contributed by atoms with van der Waals surface area (Å²) in [5, 5.41) is 150. The minimum atomic E-state index is -2.25. The van der Waals surface area contributed by atoms with Crippen molar-refractivity contribution in [1.82, 2.24) is 0 Å². The van der Waals surface area contributed by atoms with E-state index in [1.807, 2.05) is 0 Å². The highest BCUT2D eigenvalue weighted by Crippen LogP contribution is 2.38. The number of hydrogen-bond donors (Lipinski definition) is 14. The molecular weight excluding hydrogens is 894 g/mol. The zero-order chi connectivity index (χ0) is 48.2. The number of carbonyl (C=O) groups is 3. The third-order valence-corrected chi connectivity index (χ3v) is 11.6. The normalized spacial score (nSPS) is 47.1. The van der Waals surface area contributed by atoms with E-state index >= 15 is 0 Å². The molecule has 0 aliphatic carbocycles. The van der Waals surface area contributed by atoms with Gasteiger partial charge < -0.3 is 119 Å². The molecule has 14 N–H and O–H groups in total. The van der Waals surface area contributed by atoms with E-state index in [1.165, 1.54) is 13.8 Å². The van der Waals surface area contributed by atoms with Crippen molar-refractivity contribution in [2.24, 2.45) is 17.0 Å². The quantitative estimate of drug-likeness (QED) is 0.0263. The number of azide groups is 1. The summed E-state index contributed by atoms with van der Waals surface area (Å²) >= 11 is 0. The van der Waals surface area contributed by atoms with E-state index in [0.29, 0.717) is 0 Å². The van der Waals surface area contributed by atoms with Gasteiger partial charge in [-0.3, -0.25) is 0 Å². The topological polar surface area (TPSA) is 475 Å². The number of rotatable bonds is 18. The summed E-state index contributed by atoms with van der Waals surface area (Å²) in [6.45, 7) is 0.497. The van der Waals surface area contributed by atoms with Crippen molar-refractivity contribution < 1.29 is 133 Å². The van der Waals surface area contributed by atoms with Gasteiger partial charge in [-0.05, 0) is 12.0 Å². The average Bonchev–Trinajstić information content (AvgIpc) is 3.26. The van der Waals surface area contributed by atoms with Gasteiger partial charge in [-0.25, -0.2) is 14.4 Å². The van der Waals surface area contributed by atoms with Crippen LogP contribution in [0.15, 0.2) is 5.11 Å². The lowest BCUT2D eigenvalue weighted by Gasteiger charge is -2.49. The van der Waals surface area contributed by atoms with Crippen molar-refractivity contribution in [1.29, 1.82) is 0 Å². The predicted molar refractivity (Wildman–Crippen MR) is 197 cm³/mol. The lowest BCUT2D eigenvalue weighted by Crippen LogP contribution is -2.67. The Morgan fingerprint density at radius 3 is 1.31 bits per heavy atom. The highest BCUT2D eigenvalue weighted by molar-refractivity contribution is 5.74. The summed E-state index contributed by atoms with van der Waals surface area (Å²) < 4.78 is 55.7. The molecule has 0 saturated carbocycles. The zero-order valence-electron chi connectivity index (χ0n) is 34.4. The van der Waals surface area contributed by atoms with Crippen molar-refractivity contribution >= 4 is 17.9 Å². The minimum absolute atomic E-state index is 0.00464. The fourth-order valence-corrected chi connectivity index (χ4v) is 7.92. The predicted octanol–water partition coefficient (Wildman–Crippen LogP) is -7.37. The van der Waals surface area contributed by atoms with Crippen LogP contribution in [0.5, 0.6) is 0 Å². The summed E-state index contributed by atoms with van der Waals surface area (Å²) in [5.74, 6) is -7.84. The largest absolute Gasteiger partial charge is 0.479 e. The van der Waals surface area contributed by atoms with Gasteiger partial charge in [0, 0.05) is 29.9 Å². The van der Waals surface area contributed by atoms with Crippen LogP contribution in [0.25, 0.3) is 10.4 Å². The van der Waals surface area contributed by atoms with Gasteiger partial charge in [-0.2, -0.15) is 0 Å². The Labute approximate surface area is 366 Å². The van der Waals surface area contributed by atoms with Gasteiger partial charge in [0.15, 0.2) is 49.8 Å². The van der Waals surface area contributed by atoms with Gasteiger partial charge in [-0.15, -0.1) is 0 Å². The molecule has 0 aromatic rings. The summed E-state index contributed by atoms with van der Waals surface area (Å²) in [6.07, 6.45) is -44.4. The van der Waals surface area contributed by atoms with E-state index in [9.17, 15) is 85.9 Å². The summed E-state index contributed by atoms with van der Waals surface area (Å²) in [4.78, 5) is 39.1. The molecule has 30 heteroatoms. The third-order valence-electron chi connectivity index (χ3n) is 11.6. The summed E-state index contributed by atoms with van der Waals surface area (Å²) in [5.41, 5.74) is 8.42. The van der Waals surface area contributed by atoms with Crippen LogP contribution in [0, 0.1) is 11.8 Å². The molecule has 65 heavy (non-hydrogen) atoms. The maximum Gasteiger partial charge on any atom is 0.335 e. The van der Waals surface area contributed by atoms with E-state index in [1.54, 1.807) is 0 Å². The van der Waals surface area contributed by atoms with Crippen LogP contribution >= 0.6 is 0 Å². The smallest absolute Gasteiger partial charge is 0.335 e. The molecule has 5 aliphatic rings. The molecule has 0 aromatic carbocycles. The van der Waals surface area contributed by atoms with Crippen LogP contribution in [0.3, 0.4) is 0 Å². The Morgan fingerprint density at radius 2 is 0.892 bits per heavy atom. The lowest BCUT2D eigenvalue weighted by atomic mass is 9.90. The highest BCUT2D eigenvalue weighted by atomic mass is 16.8. The number of carboxylic acids is 3. The Balaban J connectivity index is 1.30. The summed E-state index contributed by atoms with van der Waals surface area (Å²) in [7, 11) is 0. The molecule has 0 amide bonds. The number of nitrogens with zero attached hydrogens (tertiary/aromatic N) is 3.